The van der Waals surface area contributed by atoms with Crippen LogP contribution in [0.1, 0.15) is 0 Å². The Kier molecular flexibility index (Phi) is 34.8. The average molecular weight is 1110 g/mol. The molecule has 0 bridgehead atoms. The van der Waals surface area contributed by atoms with Gasteiger partial charge in [-0.05, 0) is 48.5 Å². The molecule has 0 amide bonds. The predicted octanol–water partition coefficient (Wildman–Crippen LogP) is -13.4. The predicted molar refractivity (Wildman–Crippen MR) is 197 cm³/mol. The minimum absolute atomic E-state index is 0. The molecule has 0 unspecified atom stereocenters. The third kappa shape index (κ3) is 21.4. The van der Waals surface area contributed by atoms with Gasteiger partial charge < -0.3 is 35.3 Å². The molecule has 2 N–H and O–H groups in total. The minimum atomic E-state index is -5.49. The van der Waals surface area contributed by atoms with Crippen LogP contribution in [0.15, 0.2) is 101 Å². The number of sulfone groups is 2. The topological polar surface area (TPSA) is 407 Å². The first kappa shape index (κ1) is 69.3. The summed E-state index contributed by atoms with van der Waals surface area (Å²) in [6.45, 7) is -1.08. The number of anilines is 1. The van der Waals surface area contributed by atoms with Crippen molar-refractivity contribution in [3.05, 3.63) is 60.7 Å². The molecule has 0 fully saturated rings. The average Bonchev–Trinajstić information content (AvgIpc) is 3.20. The van der Waals surface area contributed by atoms with Gasteiger partial charge in [-0.1, -0.05) is 12.1 Å². The Morgan fingerprint density at radius 3 is 1.71 bits per heavy atom. The first-order chi connectivity index (χ1) is 28.8. The third-order valence-electron chi connectivity index (χ3n) is 7.15. The number of hydrogen-bond donors (Lipinski definition) is 2. The number of hydrogen-bond acceptors (Lipinski definition) is 30. The van der Waals surface area contributed by atoms with E-state index >= 15 is 0 Å². The number of benzene rings is 4. The van der Waals surface area contributed by atoms with Crippen molar-refractivity contribution < 1.29 is 248 Å². The maximum absolute atomic E-state index is 13.1. The summed E-state index contributed by atoms with van der Waals surface area (Å²) in [7, 11) is -19.0. The van der Waals surface area contributed by atoms with E-state index in [4.69, 9.17) is 4.18 Å². The van der Waals surface area contributed by atoms with Crippen LogP contribution in [0.2, 0.25) is 0 Å². The zero-order valence-corrected chi connectivity index (χ0v) is 50.2. The standard InChI is InChI=1S/C27H27N5O22S7.5Na/c33-27-17-6-8-21(28-15-60(41,42)43)25(31-29-19-3-1-2-4-23(19)59(39,40)12-10-48-57-54-51-36)18(17)14-22(55-52-49-34)26(27)32-30-20-7-5-16(13-24(20)61(44,45)46)58(37,38)11-9-47-56-53-50-35;;;;;/h1-8,13-14,28,33-36H,9-12,15H2,(H,41,42,43)(H,44,45,46);;;;;/q;5*+1/p-5. The second kappa shape index (κ2) is 33.2. The molecule has 0 heterocycles. The number of azo groups is 2. The van der Waals surface area contributed by atoms with E-state index in [1.54, 1.807) is 0 Å². The van der Waals surface area contributed by atoms with Crippen LogP contribution >= 0.6 is 36.7 Å². The number of fused-ring (bicyclic) bond motifs is 1. The van der Waals surface area contributed by atoms with Crippen LogP contribution in [-0.4, -0.2) is 78.5 Å². The van der Waals surface area contributed by atoms with Crippen molar-refractivity contribution in [2.45, 2.75) is 19.6 Å². The molecular formula is C27H22N5Na5O22S7. The summed E-state index contributed by atoms with van der Waals surface area (Å²) >= 11 is 0.165. The van der Waals surface area contributed by atoms with Crippen LogP contribution in [0.5, 0.6) is 5.75 Å². The van der Waals surface area contributed by atoms with Crippen molar-refractivity contribution in [2.75, 3.05) is 35.9 Å². The summed E-state index contributed by atoms with van der Waals surface area (Å²) < 4.78 is 145. The molecule has 4 aromatic carbocycles. The summed E-state index contributed by atoms with van der Waals surface area (Å²) in [5, 5.41) is 69.1. The molecule has 334 valence electrons. The SMILES string of the molecule is O=S(=O)([O-])CNc1ccc2c(O)c(N=Nc3ccc(S(=O)(=O)CCOSOO[O-])cc3S(=O)(=O)[O-])c(SOO[O-])cc2c1N=Nc1ccccc1S(=O)(=O)CCOSOO[O-].[Na+].[Na+].[Na+].[Na+].[Na+]. The van der Waals surface area contributed by atoms with E-state index < -0.39 is 97.4 Å². The van der Waals surface area contributed by atoms with Crippen molar-refractivity contribution in [2.24, 2.45) is 20.5 Å². The summed E-state index contributed by atoms with van der Waals surface area (Å²) in [5.41, 5.74) is -2.22. The van der Waals surface area contributed by atoms with Crippen molar-refractivity contribution in [3.8, 4) is 5.75 Å². The Morgan fingerprint density at radius 2 is 1.15 bits per heavy atom. The fourth-order valence-electron chi connectivity index (χ4n) is 4.66. The molecule has 0 aliphatic heterocycles. The van der Waals surface area contributed by atoms with E-state index in [0.717, 1.165) is 36.4 Å². The quantitative estimate of drug-likeness (QED) is 0.0118. The van der Waals surface area contributed by atoms with Gasteiger partial charge in [-0.3, -0.25) is 23.5 Å². The molecule has 0 atom stereocenters. The van der Waals surface area contributed by atoms with E-state index in [-0.39, 0.29) is 222 Å². The van der Waals surface area contributed by atoms with Gasteiger partial charge in [0, 0.05) is 10.8 Å². The Bertz CT molecular complexity index is 2710. The summed E-state index contributed by atoms with van der Waals surface area (Å²) in [6, 6.07) is 10.6. The van der Waals surface area contributed by atoms with Crippen LogP contribution in [0.4, 0.5) is 28.4 Å². The van der Waals surface area contributed by atoms with Gasteiger partial charge >= 0.3 is 148 Å². The fourth-order valence-corrected chi connectivity index (χ4v) is 9.17. The number of phenolic OH excluding ortho intramolecular Hbond substituents is 1. The van der Waals surface area contributed by atoms with E-state index in [1.165, 1.54) is 18.2 Å². The van der Waals surface area contributed by atoms with Gasteiger partial charge in [0.1, 0.15) is 48.9 Å². The Hall–Kier alpha value is 1.27. The second-order valence-electron chi connectivity index (χ2n) is 10.9. The molecule has 0 aliphatic carbocycles. The van der Waals surface area contributed by atoms with Gasteiger partial charge in [0.25, 0.3) is 0 Å². The Labute approximate surface area is 498 Å². The maximum atomic E-state index is 13.1. The number of nitrogens with zero attached hydrogens (tertiary/aromatic N) is 4. The first-order valence-electron chi connectivity index (χ1n) is 15.4. The smallest absolute Gasteiger partial charge is 0.747 e. The van der Waals surface area contributed by atoms with Crippen LogP contribution in [-0.2, 0) is 76.4 Å². The molecule has 39 heteroatoms. The molecule has 4 rings (SSSR count). The zero-order chi connectivity index (χ0) is 44.8. The molecule has 66 heavy (non-hydrogen) atoms. The van der Waals surface area contributed by atoms with Gasteiger partial charge in [-0.2, -0.15) is 4.33 Å². The molecule has 27 nitrogen and oxygen atoms in total. The number of rotatable bonds is 25. The molecule has 0 aromatic heterocycles. The van der Waals surface area contributed by atoms with Crippen molar-refractivity contribution in [1.82, 2.24) is 0 Å². The summed E-state index contributed by atoms with van der Waals surface area (Å²) in [6.07, 6.45) is 0. The molecule has 4 aromatic rings. The number of aromatic hydroxyl groups is 1. The number of phenols is 1. The summed E-state index contributed by atoms with van der Waals surface area (Å²) in [5.74, 6) is -3.50. The molecule has 0 aliphatic rings. The van der Waals surface area contributed by atoms with Crippen molar-refractivity contribution >= 4 is 116 Å². The van der Waals surface area contributed by atoms with Gasteiger partial charge in [0.2, 0.25) is 0 Å². The first-order valence-corrected chi connectivity index (χ1v) is 23.8. The fraction of sp³-hybridized carbons (Fsp3) is 0.185. The van der Waals surface area contributed by atoms with Crippen molar-refractivity contribution in [1.29, 1.82) is 0 Å². The normalized spacial score (nSPS) is 11.9. The molecule has 0 spiro atoms. The molecule has 0 saturated carbocycles. The Morgan fingerprint density at radius 1 is 0.606 bits per heavy atom. The minimum Gasteiger partial charge on any atom is -0.747 e. The number of nitrogens with one attached hydrogen (secondary N) is 1. The van der Waals surface area contributed by atoms with Gasteiger partial charge in [0.15, 0.2) is 50.1 Å². The molecule has 0 radical (unpaired) electrons. The molecule has 0 saturated heterocycles. The summed E-state index contributed by atoms with van der Waals surface area (Å²) in [4.78, 5) is -2.63. The van der Waals surface area contributed by atoms with Crippen molar-refractivity contribution in [3.63, 3.8) is 0 Å². The van der Waals surface area contributed by atoms with Gasteiger partial charge in [0.05, 0.1) is 62.0 Å². The van der Waals surface area contributed by atoms with Gasteiger partial charge in [-0.15, -0.1) is 29.1 Å². The van der Waals surface area contributed by atoms with E-state index in [9.17, 15) is 63.7 Å². The molecular weight excluding hydrogens is 1090 g/mol. The van der Waals surface area contributed by atoms with Crippen LogP contribution < -0.4 is 169 Å². The van der Waals surface area contributed by atoms with Crippen LogP contribution in [0.25, 0.3) is 10.8 Å². The van der Waals surface area contributed by atoms with Crippen LogP contribution in [0, 0.1) is 0 Å². The zero-order valence-electron chi connectivity index (χ0n) is 34.5. The Balaban J connectivity index is 0. The van der Waals surface area contributed by atoms with Crippen LogP contribution in [0.3, 0.4) is 0 Å². The van der Waals surface area contributed by atoms with Gasteiger partial charge in [-0.25, -0.2) is 33.7 Å². The second-order valence-corrected chi connectivity index (χ2v) is 19.6. The monoisotopic (exact) mass is 1110 g/mol. The third-order valence-corrected chi connectivity index (χ3v) is 13.3. The maximum Gasteiger partial charge on any atom is 1.00 e. The van der Waals surface area contributed by atoms with E-state index in [2.05, 4.69) is 58.1 Å². The van der Waals surface area contributed by atoms with E-state index in [1.807, 2.05) is 0 Å². The largest absolute Gasteiger partial charge is 1.00 e. The van der Waals surface area contributed by atoms with E-state index in [0.29, 0.717) is 6.07 Å².